The summed E-state index contributed by atoms with van der Waals surface area (Å²) in [6, 6.07) is 5.07. The lowest BCUT2D eigenvalue weighted by molar-refractivity contribution is 0.122. The van der Waals surface area contributed by atoms with Gasteiger partial charge in [0.2, 0.25) is 5.95 Å². The van der Waals surface area contributed by atoms with Gasteiger partial charge in [0.1, 0.15) is 0 Å². The summed E-state index contributed by atoms with van der Waals surface area (Å²) in [5, 5.41) is 5.04. The van der Waals surface area contributed by atoms with E-state index in [-0.39, 0.29) is 11.8 Å². The fourth-order valence-corrected chi connectivity index (χ4v) is 2.63. The van der Waals surface area contributed by atoms with Crippen LogP contribution in [0.15, 0.2) is 29.5 Å². The first-order valence-electron chi connectivity index (χ1n) is 7.23. The Kier molecular flexibility index (Phi) is 5.44. The number of nitrogens with zero attached hydrogens (tertiary/aromatic N) is 4. The lowest BCUT2D eigenvalue weighted by Crippen LogP contribution is -2.37. The Hall–Kier alpha value is -1.96. The van der Waals surface area contributed by atoms with E-state index in [1.165, 1.54) is 6.21 Å². The van der Waals surface area contributed by atoms with Crippen molar-refractivity contribution in [3.8, 4) is 0 Å². The van der Waals surface area contributed by atoms with Crippen molar-refractivity contribution in [1.82, 2.24) is 9.97 Å². The van der Waals surface area contributed by atoms with Crippen LogP contribution in [-0.2, 0) is 4.74 Å². The van der Waals surface area contributed by atoms with Crippen LogP contribution in [0.3, 0.4) is 0 Å². The van der Waals surface area contributed by atoms with Crippen LogP contribution in [0.1, 0.15) is 5.56 Å². The zero-order valence-electron chi connectivity index (χ0n) is 12.5. The molecule has 0 atom stereocenters. The summed E-state index contributed by atoms with van der Waals surface area (Å²) in [5.74, 6) is -0.0538. The van der Waals surface area contributed by atoms with E-state index < -0.39 is 5.82 Å². The summed E-state index contributed by atoms with van der Waals surface area (Å²) < 4.78 is 19.2. The third kappa shape index (κ3) is 4.11. The van der Waals surface area contributed by atoms with Gasteiger partial charge in [0.15, 0.2) is 11.6 Å². The average Bonchev–Trinajstić information content (AvgIpc) is 2.59. The third-order valence-corrected chi connectivity index (χ3v) is 3.93. The molecule has 1 aliphatic heterocycles. The molecule has 0 radical (unpaired) electrons. The molecule has 0 unspecified atom stereocenters. The number of morpholine rings is 1. The van der Waals surface area contributed by atoms with Gasteiger partial charge in [0, 0.05) is 23.7 Å². The van der Waals surface area contributed by atoms with Crippen molar-refractivity contribution in [3.05, 3.63) is 45.8 Å². The topological polar surface area (TPSA) is 62.6 Å². The Balaban J connectivity index is 1.72. The summed E-state index contributed by atoms with van der Waals surface area (Å²) >= 11 is 11.9. The second kappa shape index (κ2) is 7.74. The van der Waals surface area contributed by atoms with E-state index in [0.29, 0.717) is 41.9 Å². The summed E-state index contributed by atoms with van der Waals surface area (Å²) in [5.41, 5.74) is 3.36. The lowest BCUT2D eigenvalue weighted by Gasteiger charge is -2.27. The minimum Gasteiger partial charge on any atom is -0.378 e. The Morgan fingerprint density at radius 3 is 2.83 bits per heavy atom. The molecular weight excluding hydrogens is 356 g/mol. The van der Waals surface area contributed by atoms with Crippen LogP contribution < -0.4 is 10.3 Å². The molecule has 1 saturated heterocycles. The van der Waals surface area contributed by atoms with E-state index in [2.05, 4.69) is 20.5 Å². The van der Waals surface area contributed by atoms with Gasteiger partial charge in [-0.05, 0) is 12.1 Å². The van der Waals surface area contributed by atoms with E-state index in [0.717, 1.165) is 6.20 Å². The molecule has 0 bridgehead atoms. The summed E-state index contributed by atoms with van der Waals surface area (Å²) in [4.78, 5) is 9.86. The van der Waals surface area contributed by atoms with E-state index in [9.17, 15) is 4.39 Å². The molecule has 9 heteroatoms. The first-order chi connectivity index (χ1) is 11.6. The Morgan fingerprint density at radius 2 is 2.08 bits per heavy atom. The quantitative estimate of drug-likeness (QED) is 0.662. The maximum absolute atomic E-state index is 13.9. The van der Waals surface area contributed by atoms with Crippen LogP contribution in [0.4, 0.5) is 16.2 Å². The highest BCUT2D eigenvalue weighted by Crippen LogP contribution is 2.20. The van der Waals surface area contributed by atoms with Gasteiger partial charge in [0.25, 0.3) is 0 Å². The van der Waals surface area contributed by atoms with E-state index in [4.69, 9.17) is 27.9 Å². The van der Waals surface area contributed by atoms with Crippen LogP contribution in [0.25, 0.3) is 0 Å². The fraction of sp³-hybridized carbons (Fsp3) is 0.267. The number of hydrogen-bond donors (Lipinski definition) is 1. The highest BCUT2D eigenvalue weighted by atomic mass is 35.5. The zero-order chi connectivity index (χ0) is 16.9. The van der Waals surface area contributed by atoms with Gasteiger partial charge in [-0.15, -0.1) is 0 Å². The number of halogens is 3. The first kappa shape index (κ1) is 16.9. The van der Waals surface area contributed by atoms with Crippen LogP contribution >= 0.6 is 23.2 Å². The van der Waals surface area contributed by atoms with Crippen LogP contribution in [0, 0.1) is 5.82 Å². The number of anilines is 2. The molecule has 1 N–H and O–H groups in total. The van der Waals surface area contributed by atoms with Gasteiger partial charge < -0.3 is 9.64 Å². The predicted molar refractivity (Wildman–Crippen MR) is 92.7 cm³/mol. The largest absolute Gasteiger partial charge is 0.378 e. The molecule has 0 spiro atoms. The number of rotatable bonds is 4. The first-order valence-corrected chi connectivity index (χ1v) is 7.98. The van der Waals surface area contributed by atoms with Crippen molar-refractivity contribution in [1.29, 1.82) is 0 Å². The number of hydrazone groups is 1. The highest BCUT2D eigenvalue weighted by Gasteiger charge is 2.17. The molecule has 2 heterocycles. The third-order valence-electron chi connectivity index (χ3n) is 3.37. The van der Waals surface area contributed by atoms with Gasteiger partial charge in [-0.3, -0.25) is 0 Å². The summed E-state index contributed by atoms with van der Waals surface area (Å²) in [7, 11) is 0. The average molecular weight is 370 g/mol. The molecule has 1 fully saturated rings. The molecular formula is C15H14Cl2FN5O. The van der Waals surface area contributed by atoms with E-state index in [1.54, 1.807) is 18.2 Å². The molecule has 0 amide bonds. The lowest BCUT2D eigenvalue weighted by atomic mass is 10.2. The molecule has 6 nitrogen and oxygen atoms in total. The van der Waals surface area contributed by atoms with Crippen LogP contribution in [0.5, 0.6) is 0 Å². The Morgan fingerprint density at radius 1 is 1.29 bits per heavy atom. The van der Waals surface area contributed by atoms with Crippen molar-refractivity contribution in [2.75, 3.05) is 36.6 Å². The number of nitrogens with one attached hydrogen (secondary N) is 1. The molecule has 1 aromatic carbocycles. The minimum atomic E-state index is -0.479. The van der Waals surface area contributed by atoms with Gasteiger partial charge in [-0.25, -0.2) is 14.8 Å². The molecule has 1 aliphatic rings. The summed E-state index contributed by atoms with van der Waals surface area (Å²) in [6.07, 6.45) is 2.63. The van der Waals surface area contributed by atoms with Crippen molar-refractivity contribution in [2.45, 2.75) is 0 Å². The smallest absolute Gasteiger partial charge is 0.245 e. The molecule has 24 heavy (non-hydrogen) atoms. The van der Waals surface area contributed by atoms with Gasteiger partial charge >= 0.3 is 0 Å². The van der Waals surface area contributed by atoms with Crippen molar-refractivity contribution in [2.24, 2.45) is 5.10 Å². The van der Waals surface area contributed by atoms with Crippen LogP contribution in [0.2, 0.25) is 10.0 Å². The maximum Gasteiger partial charge on any atom is 0.245 e. The van der Waals surface area contributed by atoms with Gasteiger partial charge in [-0.1, -0.05) is 29.3 Å². The molecule has 0 aliphatic carbocycles. The zero-order valence-corrected chi connectivity index (χ0v) is 14.1. The molecule has 1 aromatic heterocycles. The van der Waals surface area contributed by atoms with E-state index >= 15 is 0 Å². The molecule has 2 aromatic rings. The second-order valence-electron chi connectivity index (χ2n) is 5.00. The predicted octanol–water partition coefficient (Wildman–Crippen LogP) is 3.21. The highest BCUT2D eigenvalue weighted by molar-refractivity contribution is 6.36. The maximum atomic E-state index is 13.9. The van der Waals surface area contributed by atoms with Crippen LogP contribution in [-0.4, -0.2) is 42.5 Å². The number of ether oxygens (including phenoxy) is 1. The number of aromatic nitrogens is 2. The van der Waals surface area contributed by atoms with Crippen molar-refractivity contribution in [3.63, 3.8) is 0 Å². The van der Waals surface area contributed by atoms with Gasteiger partial charge in [-0.2, -0.15) is 10.1 Å². The monoisotopic (exact) mass is 369 g/mol. The minimum absolute atomic E-state index is 0.194. The van der Waals surface area contributed by atoms with E-state index in [1.807, 2.05) is 4.90 Å². The molecule has 0 saturated carbocycles. The Labute approximate surface area is 148 Å². The fourth-order valence-electron chi connectivity index (χ4n) is 2.17. The van der Waals surface area contributed by atoms with Crippen molar-refractivity contribution < 1.29 is 9.13 Å². The number of benzene rings is 1. The second-order valence-corrected chi connectivity index (χ2v) is 5.84. The summed E-state index contributed by atoms with van der Waals surface area (Å²) in [6.45, 7) is 2.24. The Bertz CT molecular complexity index is 753. The normalized spacial score (nSPS) is 15.0. The SMILES string of the molecule is Fc1cnc(N/N=C\c2ccc(Cl)cc2Cl)nc1N1CCOCC1. The van der Waals surface area contributed by atoms with Gasteiger partial charge in [0.05, 0.1) is 30.6 Å². The molecule has 3 rings (SSSR count). The molecule has 126 valence electrons. The standard InChI is InChI=1S/C15H14Cl2FN5O/c16-11-2-1-10(12(17)7-11)8-20-22-15-19-9-13(18)14(21-15)23-3-5-24-6-4-23/h1-2,7-9H,3-6H2,(H,19,21,22)/b20-8-. The number of hydrogen-bond acceptors (Lipinski definition) is 6. The van der Waals surface area contributed by atoms with Crippen molar-refractivity contribution >= 4 is 41.2 Å².